The van der Waals surface area contributed by atoms with Gasteiger partial charge in [0, 0.05) is 39.3 Å². The van der Waals surface area contributed by atoms with Crippen LogP contribution in [0.2, 0.25) is 0 Å². The quantitative estimate of drug-likeness (QED) is 0.481. The van der Waals surface area contributed by atoms with E-state index in [1.165, 1.54) is 0 Å². The second-order valence-electron chi connectivity index (χ2n) is 8.48. The molecule has 1 aromatic heterocycles. The van der Waals surface area contributed by atoms with Gasteiger partial charge in [0.25, 0.3) is 11.8 Å². The van der Waals surface area contributed by atoms with E-state index in [0.29, 0.717) is 30.8 Å². The molecule has 2 aliphatic rings. The number of carbonyl (C=O) groups excluding carboxylic acids is 3. The highest BCUT2D eigenvalue weighted by Crippen LogP contribution is 2.32. The molecule has 3 heterocycles. The number of carbonyl (C=O) groups is 3. The molecule has 0 spiro atoms. The van der Waals surface area contributed by atoms with E-state index in [0.717, 1.165) is 52.2 Å². The van der Waals surface area contributed by atoms with E-state index in [1.54, 1.807) is 35.6 Å². The van der Waals surface area contributed by atoms with Gasteiger partial charge in [-0.3, -0.25) is 24.2 Å². The molecule has 0 bridgehead atoms. The van der Waals surface area contributed by atoms with Crippen molar-refractivity contribution in [1.82, 2.24) is 20.1 Å². The third-order valence-corrected chi connectivity index (χ3v) is 7.31. The zero-order valence-electron chi connectivity index (χ0n) is 19.5. The van der Waals surface area contributed by atoms with E-state index in [9.17, 15) is 14.4 Å². The number of piperazine rings is 1. The topological polar surface area (TPSA) is 95.1 Å². The maximum atomic E-state index is 12.4. The highest BCUT2D eigenvalue weighted by molar-refractivity contribution is 7.22. The number of rotatable bonds is 8. The van der Waals surface area contributed by atoms with E-state index < -0.39 is 11.8 Å². The standard InChI is InChI=1S/C25H27N5O4S/c1-2-34-17-7-8-20-21(15-17)35-25(27-20)29-13-11-28(12-14-29)10-9-26-22(31)16-30-23(32)18-5-3-4-6-19(18)24(30)33/h3-8,15H,2,9-14,16H2,1H3,(H,26,31). The van der Waals surface area contributed by atoms with Gasteiger partial charge in [-0.1, -0.05) is 23.5 Å². The SMILES string of the molecule is CCOc1ccc2nc(N3CCN(CCNC(=O)CN4C(=O)c5ccccc5C4=O)CC3)sc2c1. The van der Waals surface area contributed by atoms with Crippen LogP contribution in [0, 0.1) is 0 Å². The Morgan fingerprint density at radius 1 is 1.06 bits per heavy atom. The van der Waals surface area contributed by atoms with Gasteiger partial charge in [-0.25, -0.2) is 4.98 Å². The number of ether oxygens (including phenoxy) is 1. The number of amides is 3. The number of thiazole rings is 1. The first-order valence-electron chi connectivity index (χ1n) is 11.8. The van der Waals surface area contributed by atoms with Crippen LogP contribution in [-0.2, 0) is 4.79 Å². The van der Waals surface area contributed by atoms with E-state index >= 15 is 0 Å². The maximum Gasteiger partial charge on any atom is 0.262 e. The van der Waals surface area contributed by atoms with Crippen LogP contribution in [-0.4, -0.2) is 84.9 Å². The Morgan fingerprint density at radius 2 is 1.77 bits per heavy atom. The number of imide groups is 1. The molecule has 2 aromatic carbocycles. The Morgan fingerprint density at radius 3 is 2.46 bits per heavy atom. The minimum absolute atomic E-state index is 0.261. The van der Waals surface area contributed by atoms with Crippen molar-refractivity contribution < 1.29 is 19.1 Å². The van der Waals surface area contributed by atoms with Gasteiger partial charge in [0.15, 0.2) is 5.13 Å². The first-order valence-corrected chi connectivity index (χ1v) is 12.6. The molecule has 35 heavy (non-hydrogen) atoms. The van der Waals surface area contributed by atoms with Crippen LogP contribution in [0.25, 0.3) is 10.2 Å². The molecule has 3 amide bonds. The summed E-state index contributed by atoms with van der Waals surface area (Å²) < 4.78 is 6.71. The summed E-state index contributed by atoms with van der Waals surface area (Å²) in [6, 6.07) is 12.6. The van der Waals surface area contributed by atoms with Crippen molar-refractivity contribution in [3.8, 4) is 5.75 Å². The lowest BCUT2D eigenvalue weighted by atomic mass is 10.1. The molecule has 0 aliphatic carbocycles. The molecule has 3 aromatic rings. The van der Waals surface area contributed by atoms with Crippen molar-refractivity contribution in [3.63, 3.8) is 0 Å². The van der Waals surface area contributed by atoms with Gasteiger partial charge in [-0.15, -0.1) is 0 Å². The van der Waals surface area contributed by atoms with Crippen LogP contribution in [0.3, 0.4) is 0 Å². The van der Waals surface area contributed by atoms with Gasteiger partial charge >= 0.3 is 0 Å². The number of benzene rings is 2. The molecule has 9 nitrogen and oxygen atoms in total. The number of anilines is 1. The molecule has 1 saturated heterocycles. The minimum atomic E-state index is -0.416. The van der Waals surface area contributed by atoms with Crippen molar-refractivity contribution in [2.75, 3.05) is 57.3 Å². The van der Waals surface area contributed by atoms with E-state index in [1.807, 2.05) is 25.1 Å². The summed E-state index contributed by atoms with van der Waals surface area (Å²) in [6.45, 7) is 6.99. The Bertz CT molecular complexity index is 1230. The lowest BCUT2D eigenvalue weighted by Gasteiger charge is -2.34. The molecule has 182 valence electrons. The Kier molecular flexibility index (Phi) is 6.65. The zero-order valence-corrected chi connectivity index (χ0v) is 20.3. The summed E-state index contributed by atoms with van der Waals surface area (Å²) in [4.78, 5) is 47.6. The molecular weight excluding hydrogens is 466 g/mol. The normalized spacial score (nSPS) is 16.1. The van der Waals surface area contributed by atoms with Crippen LogP contribution in [0.5, 0.6) is 5.75 Å². The second kappa shape index (κ2) is 10.0. The second-order valence-corrected chi connectivity index (χ2v) is 9.49. The van der Waals surface area contributed by atoms with Crippen LogP contribution in [0.15, 0.2) is 42.5 Å². The molecule has 2 aliphatic heterocycles. The summed E-state index contributed by atoms with van der Waals surface area (Å²) in [5, 5.41) is 3.85. The van der Waals surface area contributed by atoms with E-state index in [2.05, 4.69) is 15.1 Å². The Balaban J connectivity index is 1.07. The predicted octanol–water partition coefficient (Wildman–Crippen LogP) is 2.23. The number of aromatic nitrogens is 1. The fourth-order valence-corrected chi connectivity index (χ4v) is 5.43. The predicted molar refractivity (Wildman–Crippen MR) is 134 cm³/mol. The number of nitrogens with one attached hydrogen (secondary N) is 1. The minimum Gasteiger partial charge on any atom is -0.494 e. The largest absolute Gasteiger partial charge is 0.494 e. The van der Waals surface area contributed by atoms with Crippen molar-refractivity contribution in [1.29, 1.82) is 0 Å². The van der Waals surface area contributed by atoms with Crippen molar-refractivity contribution in [2.24, 2.45) is 0 Å². The van der Waals surface area contributed by atoms with E-state index in [4.69, 9.17) is 9.72 Å². The molecule has 5 rings (SSSR count). The number of hydrogen-bond donors (Lipinski definition) is 1. The Hall–Kier alpha value is -3.50. The highest BCUT2D eigenvalue weighted by Gasteiger charge is 2.36. The average molecular weight is 494 g/mol. The lowest BCUT2D eigenvalue weighted by Crippen LogP contribution is -2.49. The number of hydrogen-bond acceptors (Lipinski definition) is 8. The smallest absolute Gasteiger partial charge is 0.262 e. The molecule has 1 N–H and O–H groups in total. The monoisotopic (exact) mass is 493 g/mol. The molecule has 10 heteroatoms. The molecule has 0 radical (unpaired) electrons. The molecule has 1 fully saturated rings. The fraction of sp³-hybridized carbons (Fsp3) is 0.360. The average Bonchev–Trinajstić information content (AvgIpc) is 3.40. The van der Waals surface area contributed by atoms with Crippen molar-refractivity contribution in [3.05, 3.63) is 53.6 Å². The first kappa shape index (κ1) is 23.3. The van der Waals surface area contributed by atoms with Gasteiger partial charge in [-0.05, 0) is 37.3 Å². The van der Waals surface area contributed by atoms with Gasteiger partial charge < -0.3 is 15.0 Å². The summed E-state index contributed by atoms with van der Waals surface area (Å²) in [7, 11) is 0. The number of nitrogens with zero attached hydrogens (tertiary/aromatic N) is 4. The summed E-state index contributed by atoms with van der Waals surface area (Å²) >= 11 is 1.68. The molecule has 0 unspecified atom stereocenters. The van der Waals surface area contributed by atoms with Crippen molar-refractivity contribution >= 4 is 44.4 Å². The van der Waals surface area contributed by atoms with Gasteiger partial charge in [0.1, 0.15) is 12.3 Å². The highest BCUT2D eigenvalue weighted by atomic mass is 32.1. The summed E-state index contributed by atoms with van der Waals surface area (Å²) in [5.74, 6) is -0.300. The molecule has 0 atom stereocenters. The van der Waals surface area contributed by atoms with Gasteiger partial charge in [0.2, 0.25) is 5.91 Å². The first-order chi connectivity index (χ1) is 17.0. The van der Waals surface area contributed by atoms with Crippen molar-refractivity contribution in [2.45, 2.75) is 6.92 Å². The number of fused-ring (bicyclic) bond motifs is 2. The van der Waals surface area contributed by atoms with E-state index in [-0.39, 0.29) is 12.5 Å². The van der Waals surface area contributed by atoms with Crippen LogP contribution in [0.1, 0.15) is 27.6 Å². The van der Waals surface area contributed by atoms with Crippen LogP contribution in [0.4, 0.5) is 5.13 Å². The third-order valence-electron chi connectivity index (χ3n) is 6.23. The Labute approximate surface area is 207 Å². The zero-order chi connectivity index (χ0) is 24.4. The summed E-state index contributed by atoms with van der Waals surface area (Å²) in [6.07, 6.45) is 0. The molecular formula is C25H27N5O4S. The van der Waals surface area contributed by atoms with Gasteiger partial charge in [0.05, 0.1) is 28.0 Å². The summed E-state index contributed by atoms with van der Waals surface area (Å²) in [5.41, 5.74) is 1.69. The molecule has 0 saturated carbocycles. The maximum absolute atomic E-state index is 12.4. The van der Waals surface area contributed by atoms with Crippen LogP contribution < -0.4 is 15.0 Å². The van der Waals surface area contributed by atoms with Crippen LogP contribution >= 0.6 is 11.3 Å². The lowest BCUT2D eigenvalue weighted by molar-refractivity contribution is -0.121. The van der Waals surface area contributed by atoms with Gasteiger partial charge in [-0.2, -0.15) is 0 Å². The fourth-order valence-electron chi connectivity index (χ4n) is 4.38. The third kappa shape index (κ3) is 4.85.